The van der Waals surface area contributed by atoms with Gasteiger partial charge in [0.25, 0.3) is 5.91 Å². The SMILES string of the molecule is Nc1ccccc1NC(=O)c1ccc(CN(CCc2ccncc2)C(=O)Nc2ccc3c(c2)OCCO3)cc1. The lowest BCUT2D eigenvalue weighted by atomic mass is 10.1. The molecule has 39 heavy (non-hydrogen) atoms. The van der Waals surface area contributed by atoms with Crippen molar-refractivity contribution in [3.63, 3.8) is 0 Å². The molecule has 2 heterocycles. The van der Waals surface area contributed by atoms with Crippen LogP contribution in [0.3, 0.4) is 0 Å². The summed E-state index contributed by atoms with van der Waals surface area (Å²) in [4.78, 5) is 31.9. The van der Waals surface area contributed by atoms with Crippen LogP contribution in [0.1, 0.15) is 21.5 Å². The molecule has 5 rings (SSSR count). The average Bonchev–Trinajstić information content (AvgIpc) is 2.97. The van der Waals surface area contributed by atoms with E-state index >= 15 is 0 Å². The van der Waals surface area contributed by atoms with E-state index in [1.54, 1.807) is 59.8 Å². The second-order valence-corrected chi connectivity index (χ2v) is 9.05. The minimum Gasteiger partial charge on any atom is -0.486 e. The average molecular weight is 524 g/mol. The topological polar surface area (TPSA) is 119 Å². The Morgan fingerprint density at radius 2 is 1.59 bits per heavy atom. The number of amides is 3. The smallest absolute Gasteiger partial charge is 0.322 e. The van der Waals surface area contributed by atoms with Crippen LogP contribution >= 0.6 is 0 Å². The van der Waals surface area contributed by atoms with Gasteiger partial charge in [0.1, 0.15) is 13.2 Å². The van der Waals surface area contributed by atoms with Gasteiger partial charge in [-0.3, -0.25) is 9.78 Å². The van der Waals surface area contributed by atoms with Crippen molar-refractivity contribution in [2.45, 2.75) is 13.0 Å². The third kappa shape index (κ3) is 6.64. The molecule has 1 aliphatic heterocycles. The van der Waals surface area contributed by atoms with Crippen LogP contribution in [0.4, 0.5) is 21.9 Å². The number of nitrogens with one attached hydrogen (secondary N) is 2. The normalized spacial score (nSPS) is 11.9. The second kappa shape index (κ2) is 12.0. The minimum atomic E-state index is -0.259. The lowest BCUT2D eigenvalue weighted by Gasteiger charge is -2.24. The van der Waals surface area contributed by atoms with Crippen LogP contribution in [0.25, 0.3) is 0 Å². The molecule has 0 spiro atoms. The quantitative estimate of drug-likeness (QED) is 0.281. The van der Waals surface area contributed by atoms with E-state index in [4.69, 9.17) is 15.2 Å². The summed E-state index contributed by atoms with van der Waals surface area (Å²) in [5.74, 6) is 1.01. The zero-order valence-corrected chi connectivity index (χ0v) is 21.3. The van der Waals surface area contributed by atoms with E-state index in [2.05, 4.69) is 15.6 Å². The number of nitrogens with two attached hydrogens (primary N) is 1. The number of pyridine rings is 1. The van der Waals surface area contributed by atoms with E-state index in [-0.39, 0.29) is 11.9 Å². The molecule has 0 aliphatic carbocycles. The standard InChI is InChI=1S/C30H29N5O4/c31-25-3-1-2-4-26(25)34-29(36)23-7-5-22(6-8-23)20-35(16-13-21-11-14-32-15-12-21)30(37)33-24-9-10-27-28(19-24)39-18-17-38-27/h1-12,14-15,19H,13,16-18,20,31H2,(H,33,37)(H,34,36). The number of anilines is 3. The molecule has 3 aromatic carbocycles. The molecule has 3 amide bonds. The molecule has 0 atom stereocenters. The van der Waals surface area contributed by atoms with E-state index in [1.165, 1.54) is 0 Å². The fourth-order valence-corrected chi connectivity index (χ4v) is 4.18. The number of ether oxygens (including phenoxy) is 2. The predicted molar refractivity (Wildman–Crippen MR) is 150 cm³/mol. The summed E-state index contributed by atoms with van der Waals surface area (Å²) in [6, 6.07) is 23.2. The number of hydrogen-bond acceptors (Lipinski definition) is 6. The van der Waals surface area contributed by atoms with Crippen molar-refractivity contribution in [3.05, 3.63) is 108 Å². The largest absolute Gasteiger partial charge is 0.486 e. The van der Waals surface area contributed by atoms with Gasteiger partial charge in [0.15, 0.2) is 11.5 Å². The fourth-order valence-electron chi connectivity index (χ4n) is 4.18. The van der Waals surface area contributed by atoms with E-state index in [9.17, 15) is 9.59 Å². The van der Waals surface area contributed by atoms with Crippen molar-refractivity contribution in [3.8, 4) is 11.5 Å². The minimum absolute atomic E-state index is 0.248. The number of urea groups is 1. The highest BCUT2D eigenvalue weighted by Gasteiger charge is 2.18. The van der Waals surface area contributed by atoms with Crippen molar-refractivity contribution in [2.75, 3.05) is 36.1 Å². The van der Waals surface area contributed by atoms with Crippen molar-refractivity contribution in [2.24, 2.45) is 0 Å². The number of carbonyl (C=O) groups excluding carboxylic acids is 2. The first-order valence-electron chi connectivity index (χ1n) is 12.6. The first-order chi connectivity index (χ1) is 19.0. The van der Waals surface area contributed by atoms with Crippen molar-refractivity contribution in [1.82, 2.24) is 9.88 Å². The molecule has 1 aliphatic rings. The van der Waals surface area contributed by atoms with Crippen LogP contribution in [0, 0.1) is 0 Å². The van der Waals surface area contributed by atoms with Crippen LogP contribution in [-0.4, -0.2) is 41.6 Å². The molecule has 198 valence electrons. The second-order valence-electron chi connectivity index (χ2n) is 9.05. The number of carbonyl (C=O) groups is 2. The number of aromatic nitrogens is 1. The monoisotopic (exact) mass is 523 g/mol. The summed E-state index contributed by atoms with van der Waals surface area (Å²) in [6.45, 7) is 1.81. The van der Waals surface area contributed by atoms with E-state index in [0.29, 0.717) is 66.8 Å². The maximum absolute atomic E-state index is 13.4. The molecule has 0 fully saturated rings. The Kier molecular flexibility index (Phi) is 7.87. The maximum Gasteiger partial charge on any atom is 0.322 e. The zero-order valence-electron chi connectivity index (χ0n) is 21.3. The highest BCUT2D eigenvalue weighted by atomic mass is 16.6. The maximum atomic E-state index is 13.4. The molecule has 1 aromatic heterocycles. The molecule has 0 saturated carbocycles. The summed E-state index contributed by atoms with van der Waals surface area (Å²) in [7, 11) is 0. The summed E-state index contributed by atoms with van der Waals surface area (Å²) in [5, 5.41) is 5.80. The lowest BCUT2D eigenvalue weighted by Crippen LogP contribution is -2.36. The number of benzene rings is 3. The van der Waals surface area contributed by atoms with Crippen molar-refractivity contribution < 1.29 is 19.1 Å². The third-order valence-electron chi connectivity index (χ3n) is 6.30. The number of para-hydroxylation sites is 2. The van der Waals surface area contributed by atoms with Crippen LogP contribution in [0.5, 0.6) is 11.5 Å². The zero-order chi connectivity index (χ0) is 27.0. The molecule has 9 nitrogen and oxygen atoms in total. The Bertz CT molecular complexity index is 1440. The van der Waals surface area contributed by atoms with Gasteiger partial charge in [0, 0.05) is 42.8 Å². The Hall–Kier alpha value is -5.05. The number of rotatable bonds is 8. The van der Waals surface area contributed by atoms with Crippen molar-refractivity contribution >= 4 is 29.0 Å². The van der Waals surface area contributed by atoms with E-state index in [1.807, 2.05) is 36.4 Å². The third-order valence-corrected chi connectivity index (χ3v) is 6.30. The molecule has 0 unspecified atom stereocenters. The number of fused-ring (bicyclic) bond motifs is 1. The van der Waals surface area contributed by atoms with Crippen LogP contribution in [0.15, 0.2) is 91.3 Å². The Morgan fingerprint density at radius 3 is 2.36 bits per heavy atom. The van der Waals surface area contributed by atoms with Gasteiger partial charge in [-0.15, -0.1) is 0 Å². The Labute approximate surface area is 226 Å². The molecular formula is C30H29N5O4. The molecule has 4 N–H and O–H groups in total. The first-order valence-corrected chi connectivity index (χ1v) is 12.6. The molecule has 4 aromatic rings. The van der Waals surface area contributed by atoms with Gasteiger partial charge in [-0.1, -0.05) is 24.3 Å². The molecule has 0 bridgehead atoms. The molecule has 0 radical (unpaired) electrons. The lowest BCUT2D eigenvalue weighted by molar-refractivity contribution is 0.102. The summed E-state index contributed by atoms with van der Waals surface area (Å²) < 4.78 is 11.2. The number of nitrogen functional groups attached to an aromatic ring is 1. The van der Waals surface area contributed by atoms with Gasteiger partial charge >= 0.3 is 6.03 Å². The Morgan fingerprint density at radius 1 is 0.846 bits per heavy atom. The van der Waals surface area contributed by atoms with E-state index < -0.39 is 0 Å². The fraction of sp³-hybridized carbons (Fsp3) is 0.167. The number of hydrogen-bond donors (Lipinski definition) is 3. The van der Waals surface area contributed by atoms with Gasteiger partial charge in [-0.2, -0.15) is 0 Å². The Balaban J connectivity index is 1.28. The van der Waals surface area contributed by atoms with Gasteiger partial charge in [0.05, 0.1) is 11.4 Å². The van der Waals surface area contributed by atoms with Gasteiger partial charge in [-0.05, 0) is 66.1 Å². The number of nitrogens with zero attached hydrogens (tertiary/aromatic N) is 2. The highest BCUT2D eigenvalue weighted by Crippen LogP contribution is 2.32. The van der Waals surface area contributed by atoms with E-state index in [0.717, 1.165) is 11.1 Å². The van der Waals surface area contributed by atoms with Crippen molar-refractivity contribution in [1.29, 1.82) is 0 Å². The molecular weight excluding hydrogens is 494 g/mol. The van der Waals surface area contributed by atoms with Crippen LogP contribution < -0.4 is 25.8 Å². The van der Waals surface area contributed by atoms with Gasteiger partial charge in [-0.25, -0.2) is 4.79 Å². The summed E-state index contributed by atoms with van der Waals surface area (Å²) in [5.41, 5.74) is 10.1. The predicted octanol–water partition coefficient (Wildman–Crippen LogP) is 4.96. The first kappa shape index (κ1) is 25.6. The molecule has 9 heteroatoms. The van der Waals surface area contributed by atoms with Crippen LogP contribution in [0.2, 0.25) is 0 Å². The van der Waals surface area contributed by atoms with Gasteiger partial charge in [0.2, 0.25) is 0 Å². The van der Waals surface area contributed by atoms with Gasteiger partial charge < -0.3 is 30.7 Å². The summed E-state index contributed by atoms with van der Waals surface area (Å²) in [6.07, 6.45) is 4.14. The highest BCUT2D eigenvalue weighted by molar-refractivity contribution is 6.05. The van der Waals surface area contributed by atoms with Crippen LogP contribution in [-0.2, 0) is 13.0 Å². The molecule has 0 saturated heterocycles. The summed E-state index contributed by atoms with van der Waals surface area (Å²) >= 11 is 0.